The number of methoxy groups -OCH3 is 1. The molecule has 0 spiro atoms. The van der Waals surface area contributed by atoms with Gasteiger partial charge in [-0.2, -0.15) is 10.4 Å². The lowest BCUT2D eigenvalue weighted by atomic mass is 9.95. The third-order valence-corrected chi connectivity index (χ3v) is 9.31. The molecule has 13 heteroatoms. The Morgan fingerprint density at radius 1 is 1.24 bits per heavy atom. The number of hydrazone groups is 1. The van der Waals surface area contributed by atoms with E-state index in [4.69, 9.17) is 14.2 Å². The summed E-state index contributed by atoms with van der Waals surface area (Å²) in [5.74, 6) is 0.179. The molecular formula is C33H38N6O6S. The number of thiophene rings is 1. The summed E-state index contributed by atoms with van der Waals surface area (Å²) in [5, 5.41) is 31.1. The van der Waals surface area contributed by atoms with Crippen LogP contribution in [0.15, 0.2) is 40.6 Å². The van der Waals surface area contributed by atoms with Gasteiger partial charge in [-0.05, 0) is 82.7 Å². The van der Waals surface area contributed by atoms with Crippen LogP contribution in [0.4, 0.5) is 4.79 Å². The van der Waals surface area contributed by atoms with E-state index < -0.39 is 24.3 Å². The van der Waals surface area contributed by atoms with Crippen molar-refractivity contribution in [1.29, 1.82) is 5.26 Å². The Bertz CT molecular complexity index is 1750. The Kier molecular flexibility index (Phi) is 9.99. The Morgan fingerprint density at radius 3 is 2.76 bits per heavy atom. The van der Waals surface area contributed by atoms with E-state index in [1.165, 1.54) is 17.6 Å². The molecule has 2 atom stereocenters. The third-order valence-electron chi connectivity index (χ3n) is 8.04. The van der Waals surface area contributed by atoms with Crippen LogP contribution in [-0.4, -0.2) is 54.4 Å². The molecule has 0 saturated carbocycles. The van der Waals surface area contributed by atoms with E-state index in [2.05, 4.69) is 31.8 Å². The van der Waals surface area contributed by atoms with Gasteiger partial charge < -0.3 is 34.5 Å². The van der Waals surface area contributed by atoms with Crippen LogP contribution in [0.1, 0.15) is 71.2 Å². The zero-order valence-corrected chi connectivity index (χ0v) is 27.3. The second-order valence-corrected chi connectivity index (χ2v) is 12.2. The minimum absolute atomic E-state index is 0.140. The van der Waals surface area contributed by atoms with E-state index in [1.54, 1.807) is 42.7 Å². The van der Waals surface area contributed by atoms with Gasteiger partial charge in [-0.15, -0.1) is 11.3 Å². The van der Waals surface area contributed by atoms with Crippen LogP contribution in [0, 0.1) is 25.2 Å². The zero-order chi connectivity index (χ0) is 33.0. The molecule has 1 aliphatic heterocycles. The second-order valence-electron chi connectivity index (χ2n) is 11.1. The van der Waals surface area contributed by atoms with Crippen molar-refractivity contribution in [3.8, 4) is 22.6 Å². The monoisotopic (exact) mass is 646 g/mol. The maximum atomic E-state index is 12.5. The molecule has 2 aliphatic rings. The molecule has 0 saturated heterocycles. The van der Waals surface area contributed by atoms with Gasteiger partial charge in [-0.1, -0.05) is 6.07 Å². The SMILES string of the molecule is CCOc1cc([C@@H]2NC(=O)NC(C)=C2C(=O)OC)ccc1OC[C@@H](O)N/N=C\c1cc(C)n(-c2sc3c(c2C#N)CCCC3)c1C. The first-order valence-corrected chi connectivity index (χ1v) is 15.9. The summed E-state index contributed by atoms with van der Waals surface area (Å²) in [4.78, 5) is 26.0. The first-order valence-electron chi connectivity index (χ1n) is 15.1. The number of nitrogens with zero attached hydrogens (tertiary/aromatic N) is 3. The van der Waals surface area contributed by atoms with E-state index in [-0.39, 0.29) is 12.2 Å². The molecule has 5 rings (SSSR count). The van der Waals surface area contributed by atoms with Crippen LogP contribution in [-0.2, 0) is 22.4 Å². The number of fused-ring (bicyclic) bond motifs is 1. The number of benzene rings is 1. The molecule has 46 heavy (non-hydrogen) atoms. The fraction of sp³-hybridized carbons (Fsp3) is 0.394. The highest BCUT2D eigenvalue weighted by molar-refractivity contribution is 7.15. The zero-order valence-electron chi connectivity index (χ0n) is 26.5. The van der Waals surface area contributed by atoms with Crippen molar-refractivity contribution in [1.82, 2.24) is 20.6 Å². The number of ether oxygens (including phenoxy) is 3. The first-order chi connectivity index (χ1) is 22.2. The Balaban J connectivity index is 1.26. The number of aryl methyl sites for hydroxylation is 2. The lowest BCUT2D eigenvalue weighted by Gasteiger charge is -2.28. The number of nitrogens with one attached hydrogen (secondary N) is 3. The molecule has 0 bridgehead atoms. The summed E-state index contributed by atoms with van der Waals surface area (Å²) in [6.07, 6.45) is 4.75. The van der Waals surface area contributed by atoms with Crippen LogP contribution in [0.25, 0.3) is 5.00 Å². The number of aromatic nitrogens is 1. The van der Waals surface area contributed by atoms with Crippen molar-refractivity contribution < 1.29 is 28.9 Å². The summed E-state index contributed by atoms with van der Waals surface area (Å²) in [6.45, 7) is 7.65. The van der Waals surface area contributed by atoms with Gasteiger partial charge in [0.15, 0.2) is 17.7 Å². The average Bonchev–Trinajstić information content (AvgIpc) is 3.54. The van der Waals surface area contributed by atoms with Gasteiger partial charge in [0.05, 0.1) is 37.1 Å². The average molecular weight is 647 g/mol. The quantitative estimate of drug-likeness (QED) is 0.103. The van der Waals surface area contributed by atoms with Gasteiger partial charge in [0.25, 0.3) is 0 Å². The number of hydrogen-bond donors (Lipinski definition) is 4. The summed E-state index contributed by atoms with van der Waals surface area (Å²) in [7, 11) is 1.28. The van der Waals surface area contributed by atoms with Crippen molar-refractivity contribution in [2.75, 3.05) is 20.3 Å². The van der Waals surface area contributed by atoms with Gasteiger partial charge in [0.2, 0.25) is 0 Å². The van der Waals surface area contributed by atoms with E-state index >= 15 is 0 Å². The van der Waals surface area contributed by atoms with Gasteiger partial charge >= 0.3 is 12.0 Å². The van der Waals surface area contributed by atoms with E-state index in [9.17, 15) is 20.0 Å². The fourth-order valence-electron chi connectivity index (χ4n) is 5.87. The molecule has 0 unspecified atom stereocenters. The molecule has 3 heterocycles. The number of nitriles is 1. The number of carbonyl (C=O) groups is 2. The van der Waals surface area contributed by atoms with E-state index in [0.29, 0.717) is 29.4 Å². The standard InChI is InChI=1S/C33H38N6O6S/c1-6-44-26-14-21(30-29(32(41)43-5)19(3)36-33(42)37-30)11-12-25(26)45-17-28(40)38-35-16-22-13-18(2)39(20(22)4)31-24(15-34)23-9-7-8-10-27(23)46-31/h11-14,16,28,30,38,40H,6-10,17H2,1-5H3,(H2,36,37,42)/b35-16-/t28-,30+/m1/s1. The van der Waals surface area contributed by atoms with Crippen LogP contribution in [0.3, 0.4) is 0 Å². The Labute approximate surface area is 271 Å². The summed E-state index contributed by atoms with van der Waals surface area (Å²) >= 11 is 1.70. The minimum Gasteiger partial charge on any atom is -0.490 e. The lowest BCUT2D eigenvalue weighted by molar-refractivity contribution is -0.136. The van der Waals surface area contributed by atoms with Crippen molar-refractivity contribution in [2.45, 2.75) is 65.6 Å². The molecule has 4 N–H and O–H groups in total. The number of amides is 2. The van der Waals surface area contributed by atoms with Crippen molar-refractivity contribution in [3.63, 3.8) is 0 Å². The molecular weight excluding hydrogens is 608 g/mol. The normalized spacial score (nSPS) is 16.7. The number of carbonyl (C=O) groups excluding carboxylic acids is 2. The maximum Gasteiger partial charge on any atom is 0.337 e. The third kappa shape index (κ3) is 6.59. The molecule has 3 aromatic rings. The molecule has 1 aliphatic carbocycles. The molecule has 2 amide bonds. The number of allylic oxidation sites excluding steroid dienone is 1. The molecule has 242 valence electrons. The Morgan fingerprint density at radius 2 is 2.02 bits per heavy atom. The number of urea groups is 1. The molecule has 0 radical (unpaired) electrons. The number of hydrogen-bond acceptors (Lipinski definition) is 10. The largest absolute Gasteiger partial charge is 0.490 e. The predicted octanol–water partition coefficient (Wildman–Crippen LogP) is 4.43. The van der Waals surface area contributed by atoms with Crippen molar-refractivity contribution in [3.05, 3.63) is 74.1 Å². The minimum atomic E-state index is -1.14. The summed E-state index contributed by atoms with van der Waals surface area (Å²) < 4.78 is 18.7. The topological polar surface area (TPSA) is 159 Å². The van der Waals surface area contributed by atoms with Gasteiger partial charge in [-0.3, -0.25) is 5.43 Å². The van der Waals surface area contributed by atoms with Gasteiger partial charge in [0.1, 0.15) is 17.7 Å². The van der Waals surface area contributed by atoms with Crippen LogP contribution < -0.4 is 25.5 Å². The van der Waals surface area contributed by atoms with E-state index in [1.807, 2.05) is 26.8 Å². The predicted molar refractivity (Wildman–Crippen MR) is 173 cm³/mol. The summed E-state index contributed by atoms with van der Waals surface area (Å²) in [5.41, 5.74) is 8.74. The van der Waals surface area contributed by atoms with Crippen molar-refractivity contribution >= 4 is 29.6 Å². The number of aliphatic hydroxyl groups is 1. The van der Waals surface area contributed by atoms with Crippen LogP contribution in [0.2, 0.25) is 0 Å². The number of aliphatic hydroxyl groups excluding tert-OH is 1. The molecule has 2 aromatic heterocycles. The van der Waals surface area contributed by atoms with Gasteiger partial charge in [0, 0.05) is 27.5 Å². The highest BCUT2D eigenvalue weighted by atomic mass is 32.1. The smallest absolute Gasteiger partial charge is 0.337 e. The van der Waals surface area contributed by atoms with E-state index in [0.717, 1.165) is 53.2 Å². The van der Waals surface area contributed by atoms with Crippen molar-refractivity contribution in [2.24, 2.45) is 5.10 Å². The lowest BCUT2D eigenvalue weighted by Crippen LogP contribution is -2.45. The van der Waals surface area contributed by atoms with Gasteiger partial charge in [-0.25, -0.2) is 9.59 Å². The molecule has 12 nitrogen and oxygen atoms in total. The highest BCUT2D eigenvalue weighted by Gasteiger charge is 2.32. The number of rotatable bonds is 11. The number of esters is 1. The fourth-order valence-corrected chi connectivity index (χ4v) is 7.32. The Hall–Kier alpha value is -4.80. The second kappa shape index (κ2) is 14.1. The molecule has 1 aromatic carbocycles. The molecule has 0 fully saturated rings. The first kappa shape index (κ1) is 32.6. The van der Waals surface area contributed by atoms with Crippen LogP contribution >= 0.6 is 11.3 Å². The van der Waals surface area contributed by atoms with Crippen LogP contribution in [0.5, 0.6) is 11.5 Å². The highest BCUT2D eigenvalue weighted by Crippen LogP contribution is 2.38. The maximum absolute atomic E-state index is 12.5. The summed E-state index contributed by atoms with van der Waals surface area (Å²) in [6, 6.07) is 8.30.